The Morgan fingerprint density at radius 2 is 0.581 bits per heavy atom. The fourth-order valence-corrected chi connectivity index (χ4v) is 10.6. The lowest BCUT2D eigenvalue weighted by atomic mass is 9.90. The molecule has 286 valence electrons. The summed E-state index contributed by atoms with van der Waals surface area (Å²) in [5.74, 6) is 0. The van der Waals surface area contributed by atoms with Crippen molar-refractivity contribution in [3.8, 4) is 33.4 Å². The lowest BCUT2D eigenvalue weighted by molar-refractivity contribution is 0.669. The Morgan fingerprint density at radius 1 is 0.194 bits per heavy atom. The van der Waals surface area contributed by atoms with E-state index in [-0.39, 0.29) is 0 Å². The van der Waals surface area contributed by atoms with Gasteiger partial charge in [-0.2, -0.15) is 0 Å². The minimum atomic E-state index is 0.848. The van der Waals surface area contributed by atoms with Crippen molar-refractivity contribution in [3.63, 3.8) is 0 Å². The Hall–Kier alpha value is -8.20. The molecule has 14 rings (SSSR count). The van der Waals surface area contributed by atoms with Gasteiger partial charge in [-0.3, -0.25) is 0 Å². The van der Waals surface area contributed by atoms with Gasteiger partial charge in [0.2, 0.25) is 0 Å². The van der Waals surface area contributed by atoms with Gasteiger partial charge in [-0.15, -0.1) is 0 Å². The molecule has 0 N–H and O–H groups in total. The molecular weight excluding hydrogens is 753 g/mol. The number of benzene rings is 12. The molecule has 0 atom stereocenters. The van der Waals surface area contributed by atoms with E-state index in [1.807, 2.05) is 6.07 Å². The molecule has 2 heterocycles. The second-order valence-corrected chi connectivity index (χ2v) is 16.7. The highest BCUT2D eigenvalue weighted by molar-refractivity contribution is 6.27. The van der Waals surface area contributed by atoms with E-state index in [1.165, 1.54) is 64.6 Å². The quantitative estimate of drug-likeness (QED) is 0.167. The van der Waals surface area contributed by atoms with Crippen molar-refractivity contribution in [1.82, 2.24) is 0 Å². The van der Waals surface area contributed by atoms with Gasteiger partial charge in [0.05, 0.1) is 0 Å². The van der Waals surface area contributed by atoms with Crippen LogP contribution in [0.4, 0.5) is 0 Å². The standard InChI is InChI=1S/C60H34O2/c1-3-16-44-40(12-1)42-14-5-7-18-46(42)54-30-35(24-27-48(44)54)38-32-53(60-56(33-38)50-20-9-10-23-57(50)61-60)37-26-29-51-52-22-11-21-39(59(52)62-58(51)34-37)36-25-28-49-45-17-4-2-13-41(45)43-15-6-8-19-47(43)55(49)31-36/h1-34H. The maximum absolute atomic E-state index is 6.95. The molecule has 0 aliphatic carbocycles. The molecule has 12 aromatic carbocycles. The van der Waals surface area contributed by atoms with E-state index in [0.717, 1.165) is 77.3 Å². The number of fused-ring (bicyclic) bond motifs is 18. The molecule has 14 aromatic rings. The molecule has 0 radical (unpaired) electrons. The summed E-state index contributed by atoms with van der Waals surface area (Å²) in [7, 11) is 0. The largest absolute Gasteiger partial charge is 0.455 e. The molecule has 0 unspecified atom stereocenters. The first-order chi connectivity index (χ1) is 30.7. The summed E-state index contributed by atoms with van der Waals surface area (Å²) in [6.07, 6.45) is 0. The fraction of sp³-hybridized carbons (Fsp3) is 0. The molecule has 0 aliphatic rings. The van der Waals surface area contributed by atoms with Crippen molar-refractivity contribution in [2.45, 2.75) is 0 Å². The molecule has 0 amide bonds. The van der Waals surface area contributed by atoms with E-state index >= 15 is 0 Å². The summed E-state index contributed by atoms with van der Waals surface area (Å²) in [6.45, 7) is 0. The van der Waals surface area contributed by atoms with Gasteiger partial charge in [0, 0.05) is 32.7 Å². The van der Waals surface area contributed by atoms with E-state index in [0.29, 0.717) is 0 Å². The van der Waals surface area contributed by atoms with Gasteiger partial charge in [0.15, 0.2) is 0 Å². The molecular formula is C60H34O2. The van der Waals surface area contributed by atoms with Crippen molar-refractivity contribution in [2.24, 2.45) is 0 Å². The lowest BCUT2D eigenvalue weighted by Crippen LogP contribution is -1.86. The van der Waals surface area contributed by atoms with Crippen LogP contribution in [0.2, 0.25) is 0 Å². The van der Waals surface area contributed by atoms with Crippen molar-refractivity contribution < 1.29 is 8.83 Å². The summed E-state index contributed by atoms with van der Waals surface area (Å²) < 4.78 is 13.7. The zero-order valence-electron chi connectivity index (χ0n) is 33.4. The zero-order chi connectivity index (χ0) is 40.5. The Labute approximate surface area is 355 Å². The molecule has 0 saturated heterocycles. The molecule has 0 fully saturated rings. The maximum Gasteiger partial charge on any atom is 0.143 e. The topological polar surface area (TPSA) is 26.3 Å². The summed E-state index contributed by atoms with van der Waals surface area (Å²) in [5, 5.41) is 19.6. The predicted octanol–water partition coefficient (Wildman–Crippen LogP) is 17.4. The summed E-state index contributed by atoms with van der Waals surface area (Å²) in [4.78, 5) is 0. The number of hydrogen-bond donors (Lipinski definition) is 0. The van der Waals surface area contributed by atoms with Crippen LogP contribution in [-0.4, -0.2) is 0 Å². The van der Waals surface area contributed by atoms with E-state index in [9.17, 15) is 0 Å². The number of rotatable bonds is 3. The van der Waals surface area contributed by atoms with Crippen LogP contribution in [0.1, 0.15) is 0 Å². The maximum atomic E-state index is 6.95. The average molecular weight is 787 g/mol. The summed E-state index contributed by atoms with van der Waals surface area (Å²) in [5.41, 5.74) is 10.1. The Morgan fingerprint density at radius 3 is 1.18 bits per heavy atom. The molecule has 2 nitrogen and oxygen atoms in total. The number of para-hydroxylation sites is 2. The molecule has 0 aliphatic heterocycles. The molecule has 2 heteroatoms. The van der Waals surface area contributed by atoms with Crippen molar-refractivity contribution in [1.29, 1.82) is 0 Å². The van der Waals surface area contributed by atoms with Crippen LogP contribution in [0.25, 0.3) is 142 Å². The van der Waals surface area contributed by atoms with Crippen molar-refractivity contribution in [3.05, 3.63) is 206 Å². The van der Waals surface area contributed by atoms with Crippen LogP contribution in [0, 0.1) is 0 Å². The highest BCUT2D eigenvalue weighted by Crippen LogP contribution is 2.45. The highest BCUT2D eigenvalue weighted by atomic mass is 16.3. The number of hydrogen-bond acceptors (Lipinski definition) is 2. The first-order valence-electron chi connectivity index (χ1n) is 21.3. The minimum absolute atomic E-state index is 0.848. The fourth-order valence-electron chi connectivity index (χ4n) is 10.6. The second kappa shape index (κ2) is 12.7. The van der Waals surface area contributed by atoms with Crippen LogP contribution >= 0.6 is 0 Å². The van der Waals surface area contributed by atoms with Gasteiger partial charge in [-0.05, 0) is 129 Å². The normalized spacial score (nSPS) is 12.2. The Bertz CT molecular complexity index is 4150. The van der Waals surface area contributed by atoms with E-state index in [2.05, 4.69) is 200 Å². The van der Waals surface area contributed by atoms with Crippen LogP contribution in [0.15, 0.2) is 215 Å². The average Bonchev–Trinajstić information content (AvgIpc) is 3.92. The third-order valence-electron chi connectivity index (χ3n) is 13.4. The minimum Gasteiger partial charge on any atom is -0.455 e. The number of furan rings is 2. The van der Waals surface area contributed by atoms with E-state index < -0.39 is 0 Å². The van der Waals surface area contributed by atoms with Gasteiger partial charge in [0.25, 0.3) is 0 Å². The zero-order valence-corrected chi connectivity index (χ0v) is 33.4. The predicted molar refractivity (Wildman–Crippen MR) is 262 cm³/mol. The SMILES string of the molecule is c1ccc2c(c1)oc1c(-c3ccc4c(c3)oc3c(-c5ccc6c7ccccc7c7ccccc7c6c5)cccc34)cc(-c3ccc4c5ccccc5c5ccccc5c4c3)cc12. The Kier molecular flexibility index (Phi) is 6.86. The van der Waals surface area contributed by atoms with Gasteiger partial charge in [-0.25, -0.2) is 0 Å². The van der Waals surface area contributed by atoms with Gasteiger partial charge < -0.3 is 8.83 Å². The van der Waals surface area contributed by atoms with Crippen molar-refractivity contribution >= 4 is 109 Å². The molecule has 0 spiro atoms. The monoisotopic (exact) mass is 786 g/mol. The molecule has 0 bridgehead atoms. The van der Waals surface area contributed by atoms with Crippen molar-refractivity contribution in [2.75, 3.05) is 0 Å². The van der Waals surface area contributed by atoms with Crippen LogP contribution < -0.4 is 0 Å². The summed E-state index contributed by atoms with van der Waals surface area (Å²) in [6, 6.07) is 75.0. The lowest BCUT2D eigenvalue weighted by Gasteiger charge is -2.13. The smallest absolute Gasteiger partial charge is 0.143 e. The van der Waals surface area contributed by atoms with Gasteiger partial charge in [0.1, 0.15) is 22.3 Å². The summed E-state index contributed by atoms with van der Waals surface area (Å²) >= 11 is 0. The van der Waals surface area contributed by atoms with Crippen LogP contribution in [0.5, 0.6) is 0 Å². The first kappa shape index (κ1) is 33.6. The van der Waals surface area contributed by atoms with E-state index in [1.54, 1.807) is 0 Å². The highest BCUT2D eigenvalue weighted by Gasteiger charge is 2.19. The third-order valence-corrected chi connectivity index (χ3v) is 13.4. The first-order valence-corrected chi connectivity index (χ1v) is 21.3. The van der Waals surface area contributed by atoms with Crippen LogP contribution in [0.3, 0.4) is 0 Å². The van der Waals surface area contributed by atoms with Gasteiger partial charge in [-0.1, -0.05) is 164 Å². The van der Waals surface area contributed by atoms with E-state index in [4.69, 9.17) is 8.83 Å². The van der Waals surface area contributed by atoms with Gasteiger partial charge >= 0.3 is 0 Å². The molecule has 0 saturated carbocycles. The molecule has 2 aromatic heterocycles. The Balaban J connectivity index is 0.961. The van der Waals surface area contributed by atoms with Crippen LogP contribution in [-0.2, 0) is 0 Å². The second-order valence-electron chi connectivity index (χ2n) is 16.7. The molecule has 62 heavy (non-hydrogen) atoms. The third kappa shape index (κ3) is 4.75.